The Labute approximate surface area is 114 Å². The van der Waals surface area contributed by atoms with E-state index in [1.807, 2.05) is 6.07 Å². The highest BCUT2D eigenvalue weighted by atomic mass is 79.9. The molecule has 0 saturated carbocycles. The van der Waals surface area contributed by atoms with E-state index < -0.39 is 5.97 Å². The van der Waals surface area contributed by atoms with E-state index in [4.69, 9.17) is 10.8 Å². The molecule has 0 radical (unpaired) electrons. The van der Waals surface area contributed by atoms with Crippen molar-refractivity contribution in [1.82, 2.24) is 0 Å². The summed E-state index contributed by atoms with van der Waals surface area (Å²) in [5, 5.41) is 8.84. The maximum absolute atomic E-state index is 10.8. The SMILES string of the molecule is CCC(N)CSCc1ccc(C(=O)O)cc1Br. The number of hydrogen-bond acceptors (Lipinski definition) is 3. The fourth-order valence-electron chi connectivity index (χ4n) is 1.24. The van der Waals surface area contributed by atoms with Crippen LogP contribution in [0.25, 0.3) is 0 Å². The standard InChI is InChI=1S/C12H16BrNO2S/c1-2-10(14)7-17-6-9-4-3-8(12(15)16)5-11(9)13/h3-5,10H,2,6-7,14H2,1H3,(H,15,16). The van der Waals surface area contributed by atoms with E-state index in [1.54, 1.807) is 23.9 Å². The number of nitrogens with two attached hydrogens (primary N) is 1. The molecular formula is C12H16BrNO2S. The molecule has 0 fully saturated rings. The summed E-state index contributed by atoms with van der Waals surface area (Å²) < 4.78 is 0.843. The van der Waals surface area contributed by atoms with Crippen LogP contribution in [0.1, 0.15) is 29.3 Å². The Balaban J connectivity index is 2.57. The van der Waals surface area contributed by atoms with Gasteiger partial charge in [0.2, 0.25) is 0 Å². The lowest BCUT2D eigenvalue weighted by Gasteiger charge is -2.09. The number of carbonyl (C=O) groups is 1. The molecule has 3 nitrogen and oxygen atoms in total. The number of rotatable bonds is 6. The molecule has 17 heavy (non-hydrogen) atoms. The number of aromatic carboxylic acids is 1. The van der Waals surface area contributed by atoms with Gasteiger partial charge >= 0.3 is 5.97 Å². The average Bonchev–Trinajstić information content (AvgIpc) is 2.30. The highest BCUT2D eigenvalue weighted by Gasteiger charge is 2.07. The van der Waals surface area contributed by atoms with E-state index in [9.17, 15) is 4.79 Å². The van der Waals surface area contributed by atoms with E-state index in [-0.39, 0.29) is 6.04 Å². The molecule has 0 bridgehead atoms. The molecule has 0 heterocycles. The lowest BCUT2D eigenvalue weighted by atomic mass is 10.1. The first-order valence-electron chi connectivity index (χ1n) is 5.39. The van der Waals surface area contributed by atoms with Crippen LogP contribution in [0, 0.1) is 0 Å². The van der Waals surface area contributed by atoms with Crippen molar-refractivity contribution in [3.8, 4) is 0 Å². The molecular weight excluding hydrogens is 302 g/mol. The summed E-state index contributed by atoms with van der Waals surface area (Å²) in [6.07, 6.45) is 0.978. The first-order valence-corrected chi connectivity index (χ1v) is 7.34. The van der Waals surface area contributed by atoms with Crippen LogP contribution in [0.5, 0.6) is 0 Å². The summed E-state index contributed by atoms with van der Waals surface area (Å²) in [6, 6.07) is 5.34. The zero-order valence-corrected chi connectivity index (χ0v) is 12.1. The van der Waals surface area contributed by atoms with Crippen LogP contribution in [0.4, 0.5) is 0 Å². The van der Waals surface area contributed by atoms with Crippen molar-refractivity contribution >= 4 is 33.7 Å². The maximum atomic E-state index is 10.8. The van der Waals surface area contributed by atoms with Gasteiger partial charge in [-0.2, -0.15) is 11.8 Å². The van der Waals surface area contributed by atoms with Gasteiger partial charge < -0.3 is 10.8 Å². The molecule has 94 valence electrons. The zero-order chi connectivity index (χ0) is 12.8. The Hall–Kier alpha value is -0.520. The van der Waals surface area contributed by atoms with E-state index in [1.165, 1.54) is 0 Å². The first kappa shape index (κ1) is 14.5. The quantitative estimate of drug-likeness (QED) is 0.846. The first-order chi connectivity index (χ1) is 8.04. The second-order valence-corrected chi connectivity index (χ2v) is 5.68. The Morgan fingerprint density at radius 3 is 2.82 bits per heavy atom. The topological polar surface area (TPSA) is 63.3 Å². The number of benzene rings is 1. The molecule has 5 heteroatoms. The molecule has 0 amide bonds. The number of hydrogen-bond donors (Lipinski definition) is 2. The summed E-state index contributed by atoms with van der Waals surface area (Å²) in [4.78, 5) is 10.8. The molecule has 0 aliphatic carbocycles. The monoisotopic (exact) mass is 317 g/mol. The molecule has 1 rings (SSSR count). The van der Waals surface area contributed by atoms with Gasteiger partial charge in [-0.3, -0.25) is 0 Å². The highest BCUT2D eigenvalue weighted by Crippen LogP contribution is 2.23. The lowest BCUT2D eigenvalue weighted by molar-refractivity contribution is 0.0697. The molecule has 0 spiro atoms. The van der Waals surface area contributed by atoms with Gasteiger partial charge in [-0.15, -0.1) is 0 Å². The molecule has 3 N–H and O–H groups in total. The van der Waals surface area contributed by atoms with Gasteiger partial charge in [0, 0.05) is 22.0 Å². The molecule has 0 aliphatic rings. The largest absolute Gasteiger partial charge is 0.478 e. The fraction of sp³-hybridized carbons (Fsp3) is 0.417. The lowest BCUT2D eigenvalue weighted by Crippen LogP contribution is -2.21. The van der Waals surface area contributed by atoms with Gasteiger partial charge in [0.25, 0.3) is 0 Å². The summed E-state index contributed by atoms with van der Waals surface area (Å²) in [6.45, 7) is 2.07. The van der Waals surface area contributed by atoms with Crippen LogP contribution in [-0.2, 0) is 5.75 Å². The second kappa shape index (κ2) is 7.03. The normalized spacial score (nSPS) is 12.4. The maximum Gasteiger partial charge on any atom is 0.335 e. The third-order valence-electron chi connectivity index (χ3n) is 2.41. The minimum atomic E-state index is -0.905. The van der Waals surface area contributed by atoms with Crippen molar-refractivity contribution in [2.75, 3.05) is 5.75 Å². The van der Waals surface area contributed by atoms with Gasteiger partial charge in [-0.1, -0.05) is 28.9 Å². The van der Waals surface area contributed by atoms with Crippen LogP contribution in [0.15, 0.2) is 22.7 Å². The number of carboxylic acid groups (broad SMARTS) is 1. The predicted molar refractivity (Wildman–Crippen MR) is 75.5 cm³/mol. The third-order valence-corrected chi connectivity index (χ3v) is 4.33. The van der Waals surface area contributed by atoms with Crippen LogP contribution < -0.4 is 5.73 Å². The van der Waals surface area contributed by atoms with Gasteiger partial charge in [-0.25, -0.2) is 4.79 Å². The van der Waals surface area contributed by atoms with Crippen LogP contribution >= 0.6 is 27.7 Å². The summed E-state index contributed by atoms with van der Waals surface area (Å²) in [5.74, 6) is 0.857. The Kier molecular flexibility index (Phi) is 6.02. The molecule has 1 unspecified atom stereocenters. The Bertz CT molecular complexity index is 398. The second-order valence-electron chi connectivity index (χ2n) is 3.79. The summed E-state index contributed by atoms with van der Waals surface area (Å²) >= 11 is 5.16. The molecule has 1 aromatic rings. The van der Waals surface area contributed by atoms with Crippen molar-refractivity contribution in [3.63, 3.8) is 0 Å². The van der Waals surface area contributed by atoms with Crippen molar-refractivity contribution in [2.24, 2.45) is 5.73 Å². The van der Waals surface area contributed by atoms with E-state index in [0.717, 1.165) is 28.0 Å². The minimum Gasteiger partial charge on any atom is -0.478 e. The number of carboxylic acids is 1. The summed E-state index contributed by atoms with van der Waals surface area (Å²) in [7, 11) is 0. The number of halogens is 1. The Morgan fingerprint density at radius 2 is 2.29 bits per heavy atom. The predicted octanol–water partition coefficient (Wildman–Crippen LogP) is 3.12. The highest BCUT2D eigenvalue weighted by molar-refractivity contribution is 9.10. The van der Waals surface area contributed by atoms with Crippen LogP contribution in [0.3, 0.4) is 0 Å². The molecule has 0 saturated heterocycles. The fourth-order valence-corrected chi connectivity index (χ4v) is 3.07. The average molecular weight is 318 g/mol. The van der Waals surface area contributed by atoms with E-state index in [2.05, 4.69) is 22.9 Å². The van der Waals surface area contributed by atoms with Crippen molar-refractivity contribution in [2.45, 2.75) is 25.1 Å². The third kappa shape index (κ3) is 4.69. The van der Waals surface area contributed by atoms with Crippen LogP contribution in [0.2, 0.25) is 0 Å². The van der Waals surface area contributed by atoms with Gasteiger partial charge in [0.15, 0.2) is 0 Å². The van der Waals surface area contributed by atoms with E-state index in [0.29, 0.717) is 5.56 Å². The van der Waals surface area contributed by atoms with Crippen molar-refractivity contribution < 1.29 is 9.90 Å². The van der Waals surface area contributed by atoms with Gasteiger partial charge in [0.1, 0.15) is 0 Å². The minimum absolute atomic E-state index is 0.233. The summed E-state index contributed by atoms with van der Waals surface area (Å²) in [5.41, 5.74) is 7.23. The van der Waals surface area contributed by atoms with Gasteiger partial charge in [-0.05, 0) is 24.1 Å². The van der Waals surface area contributed by atoms with Gasteiger partial charge in [0.05, 0.1) is 5.56 Å². The Morgan fingerprint density at radius 1 is 1.59 bits per heavy atom. The van der Waals surface area contributed by atoms with E-state index >= 15 is 0 Å². The zero-order valence-electron chi connectivity index (χ0n) is 9.65. The van der Waals surface area contributed by atoms with Crippen molar-refractivity contribution in [1.29, 1.82) is 0 Å². The van der Waals surface area contributed by atoms with Crippen LogP contribution in [-0.4, -0.2) is 22.9 Å². The molecule has 1 atom stereocenters. The molecule has 0 aromatic heterocycles. The molecule has 0 aliphatic heterocycles. The smallest absolute Gasteiger partial charge is 0.335 e. The van der Waals surface area contributed by atoms with Crippen molar-refractivity contribution in [3.05, 3.63) is 33.8 Å². The number of thioether (sulfide) groups is 1. The molecule has 1 aromatic carbocycles.